The fourth-order valence-electron chi connectivity index (χ4n) is 2.18. The summed E-state index contributed by atoms with van der Waals surface area (Å²) in [6, 6.07) is 10.2. The number of nitrogens with one attached hydrogen (secondary N) is 2. The normalized spacial score (nSPS) is 11.3. The second kappa shape index (κ2) is 9.51. The summed E-state index contributed by atoms with van der Waals surface area (Å²) in [5.74, 6) is -1.40. The lowest BCUT2D eigenvalue weighted by atomic mass is 10.2. The van der Waals surface area contributed by atoms with Crippen LogP contribution in [-0.4, -0.2) is 32.9 Å². The minimum Gasteiger partial charge on any atom is -0.452 e. The summed E-state index contributed by atoms with van der Waals surface area (Å²) in [5.41, 5.74) is 0.449. The van der Waals surface area contributed by atoms with E-state index in [0.717, 1.165) is 0 Å². The number of esters is 1. The second-order valence-corrected chi connectivity index (χ2v) is 9.06. The van der Waals surface area contributed by atoms with Crippen LogP contribution in [0.2, 0.25) is 5.02 Å². The van der Waals surface area contributed by atoms with E-state index in [-0.39, 0.29) is 16.5 Å². The van der Waals surface area contributed by atoms with Crippen LogP contribution in [0.5, 0.6) is 0 Å². The molecule has 0 aliphatic rings. The van der Waals surface area contributed by atoms with Crippen LogP contribution in [0, 0.1) is 0 Å². The first kappa shape index (κ1) is 22.4. The van der Waals surface area contributed by atoms with Gasteiger partial charge in [0.05, 0.1) is 10.5 Å². The first-order valence-corrected chi connectivity index (χ1v) is 10.8. The Morgan fingerprint density at radius 2 is 1.89 bits per heavy atom. The zero-order chi connectivity index (χ0) is 20.9. The first-order chi connectivity index (χ1) is 13.1. The van der Waals surface area contributed by atoms with Crippen LogP contribution in [-0.2, 0) is 19.6 Å². The highest BCUT2D eigenvalue weighted by atomic mass is 79.9. The molecule has 0 spiro atoms. The summed E-state index contributed by atoms with van der Waals surface area (Å²) in [6.07, 6.45) is 0. The molecule has 150 valence electrons. The molecule has 2 rings (SSSR count). The Bertz CT molecular complexity index is 995. The zero-order valence-electron chi connectivity index (χ0n) is 15.0. The van der Waals surface area contributed by atoms with Gasteiger partial charge in [0.1, 0.15) is 0 Å². The van der Waals surface area contributed by atoms with Gasteiger partial charge in [-0.05, 0) is 66.2 Å². The molecule has 0 saturated carbocycles. The molecule has 0 unspecified atom stereocenters. The standard InChI is InChI=1S/C18H18BrClN2O5S/c1-11(2)22-28(25,26)14-6-7-16(19)15(9-14)18(24)27-10-17(23)21-13-5-3-4-12(20)8-13/h3-9,11,22H,10H2,1-2H3,(H,21,23). The Labute approximate surface area is 176 Å². The monoisotopic (exact) mass is 488 g/mol. The summed E-state index contributed by atoms with van der Waals surface area (Å²) in [6.45, 7) is 2.83. The number of rotatable bonds is 7. The van der Waals surface area contributed by atoms with Gasteiger partial charge in [-0.3, -0.25) is 4.79 Å². The Balaban J connectivity index is 2.07. The van der Waals surface area contributed by atoms with Crippen LogP contribution in [0.3, 0.4) is 0 Å². The van der Waals surface area contributed by atoms with Gasteiger partial charge in [-0.2, -0.15) is 0 Å². The average molecular weight is 490 g/mol. The first-order valence-electron chi connectivity index (χ1n) is 8.13. The lowest BCUT2D eigenvalue weighted by molar-refractivity contribution is -0.119. The number of halogens is 2. The summed E-state index contributed by atoms with van der Waals surface area (Å²) >= 11 is 9.03. The molecule has 0 aliphatic carbocycles. The number of carbonyl (C=O) groups excluding carboxylic acids is 2. The number of amides is 1. The SMILES string of the molecule is CC(C)NS(=O)(=O)c1ccc(Br)c(C(=O)OCC(=O)Nc2cccc(Cl)c2)c1. The van der Waals surface area contributed by atoms with Crippen molar-refractivity contribution in [3.8, 4) is 0 Å². The molecule has 2 N–H and O–H groups in total. The van der Waals surface area contributed by atoms with Crippen molar-refractivity contribution in [2.45, 2.75) is 24.8 Å². The largest absolute Gasteiger partial charge is 0.452 e. The zero-order valence-corrected chi connectivity index (χ0v) is 18.2. The molecule has 0 aliphatic heterocycles. The molecule has 0 radical (unpaired) electrons. The topological polar surface area (TPSA) is 102 Å². The molecule has 0 atom stereocenters. The van der Waals surface area contributed by atoms with E-state index in [4.69, 9.17) is 16.3 Å². The maximum absolute atomic E-state index is 12.3. The highest BCUT2D eigenvalue weighted by molar-refractivity contribution is 9.10. The van der Waals surface area contributed by atoms with Crippen molar-refractivity contribution in [1.82, 2.24) is 4.72 Å². The van der Waals surface area contributed by atoms with Crippen molar-refractivity contribution in [3.63, 3.8) is 0 Å². The predicted octanol–water partition coefficient (Wildman–Crippen LogP) is 3.58. The van der Waals surface area contributed by atoms with Crippen LogP contribution in [0.1, 0.15) is 24.2 Å². The molecule has 0 fully saturated rings. The van der Waals surface area contributed by atoms with E-state index in [9.17, 15) is 18.0 Å². The Kier molecular flexibility index (Phi) is 7.59. The third-order valence-electron chi connectivity index (χ3n) is 3.30. The average Bonchev–Trinajstić information content (AvgIpc) is 2.58. The molecule has 0 bridgehead atoms. The molecule has 0 aromatic heterocycles. The molecule has 2 aromatic carbocycles. The molecule has 2 aromatic rings. The highest BCUT2D eigenvalue weighted by Crippen LogP contribution is 2.22. The van der Waals surface area contributed by atoms with Gasteiger partial charge < -0.3 is 10.1 Å². The third-order valence-corrected chi connectivity index (χ3v) is 5.88. The summed E-state index contributed by atoms with van der Waals surface area (Å²) in [4.78, 5) is 24.2. The lowest BCUT2D eigenvalue weighted by Gasteiger charge is -2.12. The van der Waals surface area contributed by atoms with Gasteiger partial charge >= 0.3 is 5.97 Å². The van der Waals surface area contributed by atoms with Crippen LogP contribution in [0.15, 0.2) is 51.8 Å². The molecular weight excluding hydrogens is 472 g/mol. The fourth-order valence-corrected chi connectivity index (χ4v) is 4.05. The number of sulfonamides is 1. The van der Waals surface area contributed by atoms with Crippen LogP contribution >= 0.6 is 27.5 Å². The van der Waals surface area contributed by atoms with Gasteiger partial charge in [-0.25, -0.2) is 17.9 Å². The van der Waals surface area contributed by atoms with E-state index in [1.807, 2.05) is 0 Å². The van der Waals surface area contributed by atoms with Crippen molar-refractivity contribution < 1.29 is 22.7 Å². The van der Waals surface area contributed by atoms with Crippen LogP contribution in [0.25, 0.3) is 0 Å². The van der Waals surface area contributed by atoms with E-state index in [1.165, 1.54) is 18.2 Å². The number of carbonyl (C=O) groups is 2. The maximum atomic E-state index is 12.3. The van der Waals surface area contributed by atoms with E-state index < -0.39 is 28.5 Å². The van der Waals surface area contributed by atoms with E-state index in [1.54, 1.807) is 38.1 Å². The van der Waals surface area contributed by atoms with Crippen molar-refractivity contribution >= 4 is 55.1 Å². The van der Waals surface area contributed by atoms with Crippen LogP contribution in [0.4, 0.5) is 5.69 Å². The molecule has 28 heavy (non-hydrogen) atoms. The summed E-state index contributed by atoms with van der Waals surface area (Å²) in [5, 5.41) is 2.99. The van der Waals surface area contributed by atoms with Gasteiger partial charge in [-0.15, -0.1) is 0 Å². The minimum absolute atomic E-state index is 0.0119. The van der Waals surface area contributed by atoms with Crippen molar-refractivity contribution in [2.24, 2.45) is 0 Å². The quantitative estimate of drug-likeness (QED) is 0.579. The van der Waals surface area contributed by atoms with E-state index in [0.29, 0.717) is 15.2 Å². The Morgan fingerprint density at radius 3 is 2.54 bits per heavy atom. The third kappa shape index (κ3) is 6.30. The molecule has 0 heterocycles. The van der Waals surface area contributed by atoms with Gasteiger partial charge in [0.15, 0.2) is 6.61 Å². The van der Waals surface area contributed by atoms with E-state index >= 15 is 0 Å². The van der Waals surface area contributed by atoms with Crippen molar-refractivity contribution in [3.05, 3.63) is 57.5 Å². The lowest BCUT2D eigenvalue weighted by Crippen LogP contribution is -2.30. The summed E-state index contributed by atoms with van der Waals surface area (Å²) in [7, 11) is -3.78. The molecule has 1 amide bonds. The number of hydrogen-bond donors (Lipinski definition) is 2. The number of ether oxygens (including phenoxy) is 1. The van der Waals surface area contributed by atoms with Crippen LogP contribution < -0.4 is 10.0 Å². The number of benzene rings is 2. The van der Waals surface area contributed by atoms with Gasteiger partial charge in [0.2, 0.25) is 10.0 Å². The number of anilines is 1. The molecule has 0 saturated heterocycles. The fraction of sp³-hybridized carbons (Fsp3) is 0.222. The number of hydrogen-bond acceptors (Lipinski definition) is 5. The molecule has 10 heteroatoms. The second-order valence-electron chi connectivity index (χ2n) is 6.05. The van der Waals surface area contributed by atoms with Crippen molar-refractivity contribution in [2.75, 3.05) is 11.9 Å². The highest BCUT2D eigenvalue weighted by Gasteiger charge is 2.20. The maximum Gasteiger partial charge on any atom is 0.339 e. The summed E-state index contributed by atoms with van der Waals surface area (Å²) < 4.78 is 32.3. The van der Waals surface area contributed by atoms with Gasteiger partial charge in [0.25, 0.3) is 5.91 Å². The van der Waals surface area contributed by atoms with Gasteiger partial charge in [0, 0.05) is 21.2 Å². The van der Waals surface area contributed by atoms with Gasteiger partial charge in [-0.1, -0.05) is 17.7 Å². The van der Waals surface area contributed by atoms with E-state index in [2.05, 4.69) is 26.0 Å². The molecule has 7 nitrogen and oxygen atoms in total. The Morgan fingerprint density at radius 1 is 1.18 bits per heavy atom. The Hall–Kier alpha value is -1.94. The smallest absolute Gasteiger partial charge is 0.339 e. The van der Waals surface area contributed by atoms with Crippen molar-refractivity contribution in [1.29, 1.82) is 0 Å². The minimum atomic E-state index is -3.78. The predicted molar refractivity (Wildman–Crippen MR) is 110 cm³/mol. The molecular formula is C18H18BrClN2O5S.